The van der Waals surface area contributed by atoms with Crippen LogP contribution < -0.4 is 10.6 Å². The van der Waals surface area contributed by atoms with Gasteiger partial charge < -0.3 is 20.1 Å². The van der Waals surface area contributed by atoms with Crippen molar-refractivity contribution in [3.05, 3.63) is 35.9 Å². The maximum absolute atomic E-state index is 12.0. The molecule has 0 radical (unpaired) electrons. The quantitative estimate of drug-likeness (QED) is 0.877. The van der Waals surface area contributed by atoms with E-state index in [4.69, 9.17) is 9.47 Å². The van der Waals surface area contributed by atoms with E-state index in [2.05, 4.69) is 22.8 Å². The first kappa shape index (κ1) is 16.3. The van der Waals surface area contributed by atoms with Crippen LogP contribution in [0.5, 0.6) is 0 Å². The lowest BCUT2D eigenvalue weighted by Crippen LogP contribution is -2.45. The van der Waals surface area contributed by atoms with Crippen LogP contribution in [-0.2, 0) is 9.47 Å². The van der Waals surface area contributed by atoms with E-state index in [0.29, 0.717) is 19.3 Å². The second kappa shape index (κ2) is 8.31. The van der Waals surface area contributed by atoms with Crippen molar-refractivity contribution < 1.29 is 14.3 Å². The summed E-state index contributed by atoms with van der Waals surface area (Å²) >= 11 is 0. The Morgan fingerprint density at radius 1 is 1.13 bits per heavy atom. The number of benzene rings is 1. The average Bonchev–Trinajstić information content (AvgIpc) is 3.09. The van der Waals surface area contributed by atoms with E-state index in [9.17, 15) is 4.79 Å². The summed E-state index contributed by atoms with van der Waals surface area (Å²) in [4.78, 5) is 12.0. The van der Waals surface area contributed by atoms with Crippen molar-refractivity contribution in [1.29, 1.82) is 0 Å². The van der Waals surface area contributed by atoms with E-state index in [1.165, 1.54) is 5.56 Å². The van der Waals surface area contributed by atoms with E-state index in [1.807, 2.05) is 18.2 Å². The molecular weight excluding hydrogens is 292 g/mol. The molecule has 5 nitrogen and oxygen atoms in total. The van der Waals surface area contributed by atoms with E-state index >= 15 is 0 Å². The van der Waals surface area contributed by atoms with Crippen molar-refractivity contribution in [2.75, 3.05) is 19.8 Å². The standard InChI is InChI=1S/C18H26N2O3/c21-18(19-10-8-16-7-4-11-22-16)20-15-9-12-23-17(13-15)14-5-2-1-3-6-14/h1-3,5-6,15-17H,4,7-13H2,(H2,19,20,21). The highest BCUT2D eigenvalue weighted by Gasteiger charge is 2.25. The third kappa shape index (κ3) is 4.94. The van der Waals surface area contributed by atoms with Crippen LogP contribution in [0.1, 0.15) is 43.8 Å². The van der Waals surface area contributed by atoms with Crippen molar-refractivity contribution in [3.63, 3.8) is 0 Å². The van der Waals surface area contributed by atoms with Crippen LogP contribution in [0.3, 0.4) is 0 Å². The van der Waals surface area contributed by atoms with Gasteiger partial charge in [-0.05, 0) is 37.7 Å². The Morgan fingerprint density at radius 3 is 2.78 bits per heavy atom. The van der Waals surface area contributed by atoms with Gasteiger partial charge in [0.25, 0.3) is 0 Å². The summed E-state index contributed by atoms with van der Waals surface area (Å²) < 4.78 is 11.4. The fourth-order valence-electron chi connectivity index (χ4n) is 3.28. The van der Waals surface area contributed by atoms with Gasteiger partial charge in [0.1, 0.15) is 0 Å². The smallest absolute Gasteiger partial charge is 0.315 e. The first-order valence-electron chi connectivity index (χ1n) is 8.64. The molecule has 3 atom stereocenters. The van der Waals surface area contributed by atoms with Gasteiger partial charge in [-0.3, -0.25) is 0 Å². The average molecular weight is 318 g/mol. The molecule has 2 heterocycles. The Bertz CT molecular complexity index is 488. The molecular formula is C18H26N2O3. The summed E-state index contributed by atoms with van der Waals surface area (Å²) in [5.41, 5.74) is 1.18. The first-order chi connectivity index (χ1) is 11.3. The predicted molar refractivity (Wildman–Crippen MR) is 88.3 cm³/mol. The van der Waals surface area contributed by atoms with Gasteiger partial charge in [0.05, 0.1) is 12.2 Å². The minimum Gasteiger partial charge on any atom is -0.378 e. The number of rotatable bonds is 5. The van der Waals surface area contributed by atoms with Crippen molar-refractivity contribution >= 4 is 6.03 Å². The molecule has 2 aliphatic rings. The number of hydrogen-bond acceptors (Lipinski definition) is 3. The van der Waals surface area contributed by atoms with Gasteiger partial charge in [-0.25, -0.2) is 4.79 Å². The Hall–Kier alpha value is -1.59. The fraction of sp³-hybridized carbons (Fsp3) is 0.611. The zero-order valence-electron chi connectivity index (χ0n) is 13.5. The second-order valence-corrected chi connectivity index (χ2v) is 6.32. The van der Waals surface area contributed by atoms with E-state index in [-0.39, 0.29) is 18.2 Å². The molecule has 2 fully saturated rings. The number of carbonyl (C=O) groups is 1. The normalized spacial score (nSPS) is 27.6. The number of amides is 2. The third-order valence-electron chi connectivity index (χ3n) is 4.57. The van der Waals surface area contributed by atoms with Crippen LogP contribution in [0.25, 0.3) is 0 Å². The van der Waals surface area contributed by atoms with Crippen LogP contribution in [0, 0.1) is 0 Å². The van der Waals surface area contributed by atoms with E-state index < -0.39 is 0 Å². The summed E-state index contributed by atoms with van der Waals surface area (Å²) in [5.74, 6) is 0. The molecule has 2 aliphatic heterocycles. The maximum Gasteiger partial charge on any atom is 0.315 e. The SMILES string of the molecule is O=C(NCCC1CCCO1)NC1CCOC(c2ccccc2)C1. The summed E-state index contributed by atoms with van der Waals surface area (Å²) in [5, 5.41) is 6.01. The highest BCUT2D eigenvalue weighted by Crippen LogP contribution is 2.27. The van der Waals surface area contributed by atoms with Gasteiger partial charge in [-0.15, -0.1) is 0 Å². The summed E-state index contributed by atoms with van der Waals surface area (Å²) in [6, 6.07) is 10.3. The van der Waals surface area contributed by atoms with Crippen LogP contribution in [0.15, 0.2) is 30.3 Å². The zero-order valence-corrected chi connectivity index (χ0v) is 13.5. The van der Waals surface area contributed by atoms with Gasteiger partial charge in [0, 0.05) is 25.8 Å². The maximum atomic E-state index is 12.0. The van der Waals surface area contributed by atoms with Crippen molar-refractivity contribution in [2.24, 2.45) is 0 Å². The number of carbonyl (C=O) groups excluding carboxylic acids is 1. The van der Waals surface area contributed by atoms with Crippen LogP contribution in [-0.4, -0.2) is 37.9 Å². The minimum atomic E-state index is -0.0818. The molecule has 3 rings (SSSR count). The van der Waals surface area contributed by atoms with E-state index in [1.54, 1.807) is 0 Å². The van der Waals surface area contributed by atoms with Gasteiger partial charge in [0.15, 0.2) is 0 Å². The van der Waals surface area contributed by atoms with Gasteiger partial charge >= 0.3 is 6.03 Å². The van der Waals surface area contributed by atoms with Crippen molar-refractivity contribution in [2.45, 2.75) is 50.4 Å². The number of hydrogen-bond donors (Lipinski definition) is 2. The molecule has 0 spiro atoms. The molecule has 1 aromatic rings. The topological polar surface area (TPSA) is 59.6 Å². The Kier molecular flexibility index (Phi) is 5.88. The second-order valence-electron chi connectivity index (χ2n) is 6.32. The Balaban J connectivity index is 1.39. The summed E-state index contributed by atoms with van der Waals surface area (Å²) in [6.07, 6.45) is 5.23. The number of ether oxygens (including phenoxy) is 2. The van der Waals surface area contributed by atoms with Crippen LogP contribution in [0.2, 0.25) is 0 Å². The lowest BCUT2D eigenvalue weighted by molar-refractivity contribution is 0.00225. The molecule has 5 heteroatoms. The van der Waals surface area contributed by atoms with Crippen molar-refractivity contribution in [1.82, 2.24) is 10.6 Å². The molecule has 0 aliphatic carbocycles. The minimum absolute atomic E-state index is 0.0714. The van der Waals surface area contributed by atoms with Crippen LogP contribution in [0.4, 0.5) is 4.79 Å². The molecule has 2 saturated heterocycles. The lowest BCUT2D eigenvalue weighted by atomic mass is 9.97. The van der Waals surface area contributed by atoms with Gasteiger partial charge in [-0.1, -0.05) is 30.3 Å². The fourth-order valence-corrected chi connectivity index (χ4v) is 3.28. The Labute approximate surface area is 137 Å². The molecule has 1 aromatic carbocycles. The monoisotopic (exact) mass is 318 g/mol. The first-order valence-corrected chi connectivity index (χ1v) is 8.64. The summed E-state index contributed by atoms with van der Waals surface area (Å²) in [7, 11) is 0. The van der Waals surface area contributed by atoms with E-state index in [0.717, 1.165) is 38.7 Å². The molecule has 0 saturated carbocycles. The predicted octanol–water partition coefficient (Wildman–Crippen LogP) is 2.78. The zero-order chi connectivity index (χ0) is 15.9. The highest BCUT2D eigenvalue weighted by atomic mass is 16.5. The van der Waals surface area contributed by atoms with Crippen LogP contribution >= 0.6 is 0 Å². The largest absolute Gasteiger partial charge is 0.378 e. The lowest BCUT2D eigenvalue weighted by Gasteiger charge is -2.30. The van der Waals surface area contributed by atoms with Crippen molar-refractivity contribution in [3.8, 4) is 0 Å². The van der Waals surface area contributed by atoms with Gasteiger partial charge in [-0.2, -0.15) is 0 Å². The molecule has 0 bridgehead atoms. The molecule has 0 aromatic heterocycles. The molecule has 126 valence electrons. The highest BCUT2D eigenvalue weighted by molar-refractivity contribution is 5.74. The number of nitrogens with one attached hydrogen (secondary N) is 2. The molecule has 23 heavy (non-hydrogen) atoms. The molecule has 2 amide bonds. The molecule has 3 unspecified atom stereocenters. The Morgan fingerprint density at radius 2 is 2.00 bits per heavy atom. The number of urea groups is 1. The molecule has 2 N–H and O–H groups in total. The van der Waals surface area contributed by atoms with Gasteiger partial charge in [0.2, 0.25) is 0 Å². The third-order valence-corrected chi connectivity index (χ3v) is 4.57. The summed E-state index contributed by atoms with van der Waals surface area (Å²) in [6.45, 7) is 2.21.